The first-order valence-electron chi connectivity index (χ1n) is 8.38. The lowest BCUT2D eigenvalue weighted by Gasteiger charge is -2.27. The molecular formula is C18H27N3O3. The van der Waals surface area contributed by atoms with Crippen molar-refractivity contribution in [2.45, 2.75) is 57.7 Å². The van der Waals surface area contributed by atoms with Crippen molar-refractivity contribution in [1.82, 2.24) is 10.6 Å². The van der Waals surface area contributed by atoms with E-state index >= 15 is 0 Å². The van der Waals surface area contributed by atoms with Gasteiger partial charge in [-0.1, -0.05) is 18.2 Å². The van der Waals surface area contributed by atoms with E-state index in [0.29, 0.717) is 13.0 Å². The maximum Gasteiger partial charge on any atom is 0.246 e. The Morgan fingerprint density at radius 2 is 2.12 bits per heavy atom. The number of fused-ring (bicyclic) bond motifs is 1. The third-order valence-electron chi connectivity index (χ3n) is 4.11. The lowest BCUT2D eigenvalue weighted by molar-refractivity contribution is -0.127. The van der Waals surface area contributed by atoms with Crippen molar-refractivity contribution in [1.29, 1.82) is 0 Å². The van der Waals surface area contributed by atoms with Crippen molar-refractivity contribution in [3.05, 3.63) is 29.8 Å². The molecule has 0 aromatic heterocycles. The van der Waals surface area contributed by atoms with Gasteiger partial charge in [-0.15, -0.1) is 0 Å². The number of anilines is 1. The third-order valence-corrected chi connectivity index (χ3v) is 4.11. The van der Waals surface area contributed by atoms with E-state index in [4.69, 9.17) is 0 Å². The first kappa shape index (κ1) is 18.4. The van der Waals surface area contributed by atoms with Crippen molar-refractivity contribution in [2.24, 2.45) is 0 Å². The molecular weight excluding hydrogens is 306 g/mol. The van der Waals surface area contributed by atoms with Gasteiger partial charge in [0.25, 0.3) is 0 Å². The molecule has 1 aromatic rings. The summed E-state index contributed by atoms with van der Waals surface area (Å²) in [5, 5.41) is 18.2. The number of carbonyl (C=O) groups is 2. The Labute approximate surface area is 143 Å². The molecule has 4 N–H and O–H groups in total. The second-order valence-electron chi connectivity index (χ2n) is 7.10. The first-order chi connectivity index (χ1) is 11.3. The van der Waals surface area contributed by atoms with Gasteiger partial charge in [-0.2, -0.15) is 0 Å². The summed E-state index contributed by atoms with van der Waals surface area (Å²) in [6, 6.07) is 7.16. The van der Waals surface area contributed by atoms with Crippen molar-refractivity contribution in [3.8, 4) is 0 Å². The van der Waals surface area contributed by atoms with Crippen LogP contribution in [-0.2, 0) is 16.0 Å². The molecule has 0 spiro atoms. The number of rotatable bonds is 6. The molecule has 0 radical (unpaired) electrons. The number of hydrogen-bond donors (Lipinski definition) is 4. The highest BCUT2D eigenvalue weighted by Crippen LogP contribution is 2.21. The molecule has 0 saturated heterocycles. The van der Waals surface area contributed by atoms with E-state index in [1.165, 1.54) is 0 Å². The molecule has 6 nitrogen and oxygen atoms in total. The number of nitrogens with one attached hydrogen (secondary N) is 3. The minimum Gasteiger partial charge on any atom is -0.392 e. The van der Waals surface area contributed by atoms with Gasteiger partial charge in [0.2, 0.25) is 11.8 Å². The number of para-hydroxylation sites is 1. The third kappa shape index (κ3) is 5.32. The predicted octanol–water partition coefficient (Wildman–Crippen LogP) is 1.20. The Balaban J connectivity index is 1.91. The minimum atomic E-state index is -0.530. The standard InChI is InChI=1S/C18H27N3O3/c1-12(22)11-19-18(2,3)10-16(23)20-15-9-8-13-6-4-5-7-14(13)21-17(15)24/h4-7,12,15,19,22H,8-11H2,1-3H3,(H,20,23)(H,21,24)/t12-,15-/m1/s1. The Hall–Kier alpha value is -1.92. The van der Waals surface area contributed by atoms with Gasteiger partial charge in [-0.3, -0.25) is 9.59 Å². The summed E-state index contributed by atoms with van der Waals surface area (Å²) in [5.74, 6) is -0.354. The molecule has 6 heteroatoms. The van der Waals surface area contributed by atoms with Crippen molar-refractivity contribution in [2.75, 3.05) is 11.9 Å². The Bertz CT molecular complexity index is 599. The van der Waals surface area contributed by atoms with Crippen LogP contribution in [0.15, 0.2) is 24.3 Å². The van der Waals surface area contributed by atoms with Crippen molar-refractivity contribution < 1.29 is 14.7 Å². The van der Waals surface area contributed by atoms with E-state index in [0.717, 1.165) is 17.7 Å². The van der Waals surface area contributed by atoms with Crippen LogP contribution < -0.4 is 16.0 Å². The summed E-state index contributed by atoms with van der Waals surface area (Å²) in [7, 11) is 0. The monoisotopic (exact) mass is 333 g/mol. The fraction of sp³-hybridized carbons (Fsp3) is 0.556. The highest BCUT2D eigenvalue weighted by Gasteiger charge is 2.28. The maximum absolute atomic E-state index is 12.3. The van der Waals surface area contributed by atoms with Gasteiger partial charge in [0.1, 0.15) is 6.04 Å². The first-order valence-corrected chi connectivity index (χ1v) is 8.38. The molecule has 1 aromatic carbocycles. The van der Waals surface area contributed by atoms with Gasteiger partial charge in [0.05, 0.1) is 6.10 Å². The summed E-state index contributed by atoms with van der Waals surface area (Å²) in [5.41, 5.74) is 1.45. The number of β-amino-alcohol motifs (C(OH)–C–C–N with tert-alkyl or cyclic N) is 1. The lowest BCUT2D eigenvalue weighted by Crippen LogP contribution is -2.49. The van der Waals surface area contributed by atoms with Crippen LogP contribution in [0.4, 0.5) is 5.69 Å². The van der Waals surface area contributed by atoms with Crippen LogP contribution in [0.5, 0.6) is 0 Å². The van der Waals surface area contributed by atoms with Gasteiger partial charge in [-0.25, -0.2) is 0 Å². The number of aliphatic hydroxyl groups is 1. The SMILES string of the molecule is C[C@@H](O)CNC(C)(C)CC(=O)N[C@@H]1CCc2ccccc2NC1=O. The van der Waals surface area contributed by atoms with Gasteiger partial charge in [0.15, 0.2) is 0 Å². The highest BCUT2D eigenvalue weighted by molar-refractivity contribution is 5.98. The zero-order chi connectivity index (χ0) is 17.7. The normalized spacial score (nSPS) is 19.0. The summed E-state index contributed by atoms with van der Waals surface area (Å²) in [4.78, 5) is 24.6. The largest absolute Gasteiger partial charge is 0.392 e. The zero-order valence-electron chi connectivity index (χ0n) is 14.6. The average Bonchev–Trinajstić information content (AvgIpc) is 2.64. The molecule has 2 amide bonds. The summed E-state index contributed by atoms with van der Waals surface area (Å²) < 4.78 is 0. The smallest absolute Gasteiger partial charge is 0.246 e. The van der Waals surface area contributed by atoms with Gasteiger partial charge in [0, 0.05) is 24.2 Å². The van der Waals surface area contributed by atoms with Crippen LogP contribution in [0, 0.1) is 0 Å². The number of hydrogen-bond acceptors (Lipinski definition) is 4. The summed E-state index contributed by atoms with van der Waals surface area (Å²) >= 11 is 0. The number of benzene rings is 1. The topological polar surface area (TPSA) is 90.5 Å². The van der Waals surface area contributed by atoms with Crippen LogP contribution in [0.25, 0.3) is 0 Å². The van der Waals surface area contributed by atoms with Crippen LogP contribution in [-0.4, -0.2) is 41.2 Å². The molecule has 1 aliphatic rings. The van der Waals surface area contributed by atoms with Crippen LogP contribution in [0.2, 0.25) is 0 Å². The fourth-order valence-corrected chi connectivity index (χ4v) is 2.78. The lowest BCUT2D eigenvalue weighted by atomic mass is 9.99. The fourth-order valence-electron chi connectivity index (χ4n) is 2.78. The molecule has 1 heterocycles. The van der Waals surface area contributed by atoms with E-state index in [1.54, 1.807) is 6.92 Å². The van der Waals surface area contributed by atoms with Crippen molar-refractivity contribution in [3.63, 3.8) is 0 Å². The van der Waals surface area contributed by atoms with E-state index in [9.17, 15) is 14.7 Å². The molecule has 1 aliphatic heterocycles. The molecule has 0 bridgehead atoms. The number of aryl methyl sites for hydroxylation is 1. The van der Waals surface area contributed by atoms with Gasteiger partial charge < -0.3 is 21.1 Å². The molecule has 0 aliphatic carbocycles. The van der Waals surface area contributed by atoms with Crippen LogP contribution in [0.3, 0.4) is 0 Å². The second-order valence-corrected chi connectivity index (χ2v) is 7.10. The quantitative estimate of drug-likeness (QED) is 0.629. The Kier molecular flexibility index (Phi) is 5.96. The Morgan fingerprint density at radius 1 is 1.42 bits per heavy atom. The minimum absolute atomic E-state index is 0.177. The van der Waals surface area contributed by atoms with E-state index in [1.807, 2.05) is 38.1 Å². The van der Waals surface area contributed by atoms with E-state index in [-0.39, 0.29) is 18.2 Å². The zero-order valence-corrected chi connectivity index (χ0v) is 14.6. The molecule has 2 rings (SSSR count). The molecule has 24 heavy (non-hydrogen) atoms. The number of carbonyl (C=O) groups excluding carboxylic acids is 2. The summed E-state index contributed by atoms with van der Waals surface area (Å²) in [6.45, 7) is 5.91. The molecule has 0 unspecified atom stereocenters. The molecule has 0 saturated carbocycles. The van der Waals surface area contributed by atoms with E-state index in [2.05, 4.69) is 16.0 Å². The maximum atomic E-state index is 12.3. The van der Waals surface area contributed by atoms with Crippen LogP contribution in [0.1, 0.15) is 39.2 Å². The van der Waals surface area contributed by atoms with E-state index < -0.39 is 17.7 Å². The Morgan fingerprint density at radius 3 is 2.83 bits per heavy atom. The second kappa shape index (κ2) is 7.77. The molecule has 132 valence electrons. The molecule has 2 atom stereocenters. The molecule has 0 fully saturated rings. The predicted molar refractivity (Wildman–Crippen MR) is 93.7 cm³/mol. The van der Waals surface area contributed by atoms with Crippen LogP contribution >= 0.6 is 0 Å². The van der Waals surface area contributed by atoms with Gasteiger partial charge >= 0.3 is 0 Å². The van der Waals surface area contributed by atoms with Gasteiger partial charge in [-0.05, 0) is 45.2 Å². The number of aliphatic hydroxyl groups excluding tert-OH is 1. The summed E-state index contributed by atoms with van der Waals surface area (Å²) in [6.07, 6.45) is 1.08. The average molecular weight is 333 g/mol. The number of amides is 2. The highest BCUT2D eigenvalue weighted by atomic mass is 16.3. The van der Waals surface area contributed by atoms with Crippen molar-refractivity contribution >= 4 is 17.5 Å².